The van der Waals surface area contributed by atoms with Gasteiger partial charge in [0.1, 0.15) is 0 Å². The molecule has 0 aliphatic rings. The Labute approximate surface area is 81.2 Å². The summed E-state index contributed by atoms with van der Waals surface area (Å²) >= 11 is 0. The number of hydrogen-bond donors (Lipinski definition) is 0. The van der Waals surface area contributed by atoms with Crippen molar-refractivity contribution in [2.45, 2.75) is 40.0 Å². The van der Waals surface area contributed by atoms with Gasteiger partial charge < -0.3 is 0 Å². The Hall–Kier alpha value is -0.850. The summed E-state index contributed by atoms with van der Waals surface area (Å²) in [6.45, 7) is 8.92. The fraction of sp³-hybridized carbons (Fsp3) is 0.583. The van der Waals surface area contributed by atoms with Gasteiger partial charge >= 0.3 is 0 Å². The molecule has 0 bridgehead atoms. The van der Waals surface area contributed by atoms with Crippen LogP contribution in [0.25, 0.3) is 0 Å². The smallest absolute Gasteiger partial charge is 0.0440 e. The Balaban J connectivity index is 2.91. The lowest BCUT2D eigenvalue weighted by Crippen LogP contribution is -2.03. The summed E-state index contributed by atoms with van der Waals surface area (Å²) in [6, 6.07) is 4.22. The predicted octanol–water partition coefficient (Wildman–Crippen LogP) is 3.40. The third kappa shape index (κ3) is 2.83. The number of pyridine rings is 1. The van der Waals surface area contributed by atoms with E-state index in [0.29, 0.717) is 11.8 Å². The average molecular weight is 177 g/mol. The van der Waals surface area contributed by atoms with Crippen LogP contribution in [0.15, 0.2) is 18.3 Å². The highest BCUT2D eigenvalue weighted by molar-refractivity contribution is 5.23. The normalized spacial score (nSPS) is 11.2. The molecule has 1 aromatic heterocycles. The first kappa shape index (κ1) is 10.2. The first-order valence-corrected chi connectivity index (χ1v) is 5.05. The molecule has 13 heavy (non-hydrogen) atoms. The number of rotatable bonds is 3. The minimum absolute atomic E-state index is 0.586. The van der Waals surface area contributed by atoms with Crippen molar-refractivity contribution in [3.63, 3.8) is 0 Å². The van der Waals surface area contributed by atoms with E-state index in [0.717, 1.165) is 6.42 Å². The van der Waals surface area contributed by atoms with Gasteiger partial charge in [0.15, 0.2) is 0 Å². The molecule has 0 unspecified atom stereocenters. The molecule has 0 radical (unpaired) electrons. The van der Waals surface area contributed by atoms with Crippen molar-refractivity contribution < 1.29 is 0 Å². The minimum Gasteiger partial charge on any atom is -0.261 e. The highest BCUT2D eigenvalue weighted by Crippen LogP contribution is 2.19. The van der Waals surface area contributed by atoms with Gasteiger partial charge in [-0.05, 0) is 29.9 Å². The third-order valence-electron chi connectivity index (χ3n) is 2.15. The highest BCUT2D eigenvalue weighted by atomic mass is 14.7. The van der Waals surface area contributed by atoms with Crippen LogP contribution in [0.1, 0.15) is 44.9 Å². The summed E-state index contributed by atoms with van der Waals surface area (Å²) < 4.78 is 0. The second kappa shape index (κ2) is 4.40. The van der Waals surface area contributed by atoms with E-state index in [4.69, 9.17) is 0 Å². The summed E-state index contributed by atoms with van der Waals surface area (Å²) in [6.07, 6.45) is 2.98. The molecular weight excluding hydrogens is 158 g/mol. The molecule has 0 atom stereocenters. The van der Waals surface area contributed by atoms with Crippen molar-refractivity contribution in [2.75, 3.05) is 0 Å². The molecule has 0 N–H and O–H groups in total. The molecule has 0 amide bonds. The summed E-state index contributed by atoms with van der Waals surface area (Å²) in [5.41, 5.74) is 2.67. The van der Waals surface area contributed by atoms with E-state index in [9.17, 15) is 0 Å². The van der Waals surface area contributed by atoms with Gasteiger partial charge in [0.2, 0.25) is 0 Å². The molecule has 0 spiro atoms. The maximum Gasteiger partial charge on any atom is 0.0440 e. The zero-order valence-electron chi connectivity index (χ0n) is 9.04. The molecule has 0 saturated carbocycles. The zero-order chi connectivity index (χ0) is 9.84. The maximum atomic E-state index is 4.44. The average Bonchev–Trinajstić information content (AvgIpc) is 2.03. The van der Waals surface area contributed by atoms with E-state index in [1.54, 1.807) is 0 Å². The third-order valence-corrected chi connectivity index (χ3v) is 2.15. The molecule has 1 nitrogen and oxygen atoms in total. The maximum absolute atomic E-state index is 4.44. The minimum atomic E-state index is 0.586. The molecule has 0 aliphatic heterocycles. The second-order valence-electron chi connectivity index (χ2n) is 4.29. The lowest BCUT2D eigenvalue weighted by molar-refractivity contribution is 0.625. The van der Waals surface area contributed by atoms with Crippen LogP contribution in [0.2, 0.25) is 0 Å². The Kier molecular flexibility index (Phi) is 3.47. The van der Waals surface area contributed by atoms with Gasteiger partial charge in [-0.3, -0.25) is 4.98 Å². The van der Waals surface area contributed by atoms with Gasteiger partial charge in [0, 0.05) is 11.9 Å². The largest absolute Gasteiger partial charge is 0.261 e. The first-order chi connectivity index (χ1) is 6.11. The fourth-order valence-corrected chi connectivity index (χ4v) is 1.53. The molecule has 1 rings (SSSR count). The lowest BCUT2D eigenvalue weighted by Gasteiger charge is -2.12. The van der Waals surface area contributed by atoms with Crippen LogP contribution < -0.4 is 0 Å². The summed E-state index contributed by atoms with van der Waals surface area (Å²) in [4.78, 5) is 4.44. The van der Waals surface area contributed by atoms with Crippen LogP contribution in [0.4, 0.5) is 0 Å². The van der Waals surface area contributed by atoms with Gasteiger partial charge in [-0.1, -0.05) is 33.8 Å². The molecule has 0 fully saturated rings. The standard InChI is InChI=1S/C12H19N/c1-9(2)8-12-11(10(3)4)6-5-7-13-12/h5-7,9-10H,8H2,1-4H3. The number of hydrogen-bond acceptors (Lipinski definition) is 1. The molecule has 0 aliphatic carbocycles. The Morgan fingerprint density at radius 3 is 2.46 bits per heavy atom. The van der Waals surface area contributed by atoms with Crippen LogP contribution >= 0.6 is 0 Å². The van der Waals surface area contributed by atoms with Crippen LogP contribution in [0.3, 0.4) is 0 Å². The molecule has 0 saturated heterocycles. The van der Waals surface area contributed by atoms with E-state index in [-0.39, 0.29) is 0 Å². The summed E-state index contributed by atoms with van der Waals surface area (Å²) in [7, 11) is 0. The number of aromatic nitrogens is 1. The highest BCUT2D eigenvalue weighted by Gasteiger charge is 2.07. The van der Waals surface area contributed by atoms with Gasteiger partial charge in [0.05, 0.1) is 0 Å². The van der Waals surface area contributed by atoms with Crippen molar-refractivity contribution in [3.05, 3.63) is 29.6 Å². The first-order valence-electron chi connectivity index (χ1n) is 5.05. The van der Waals surface area contributed by atoms with Gasteiger partial charge in [-0.25, -0.2) is 0 Å². The fourth-order valence-electron chi connectivity index (χ4n) is 1.53. The van der Waals surface area contributed by atoms with Crippen LogP contribution in [-0.2, 0) is 6.42 Å². The Bertz CT molecular complexity index is 264. The van der Waals surface area contributed by atoms with Crippen molar-refractivity contribution in [3.8, 4) is 0 Å². The summed E-state index contributed by atoms with van der Waals surface area (Å²) in [5, 5.41) is 0. The van der Waals surface area contributed by atoms with E-state index in [2.05, 4.69) is 38.7 Å². The molecule has 1 heteroatoms. The van der Waals surface area contributed by atoms with Crippen LogP contribution in [0.5, 0.6) is 0 Å². The summed E-state index contributed by atoms with van der Waals surface area (Å²) in [5.74, 6) is 1.27. The molecule has 72 valence electrons. The molecular formula is C12H19N. The van der Waals surface area contributed by atoms with E-state index in [1.165, 1.54) is 11.3 Å². The second-order valence-corrected chi connectivity index (χ2v) is 4.29. The van der Waals surface area contributed by atoms with E-state index in [1.807, 2.05) is 12.3 Å². The van der Waals surface area contributed by atoms with Gasteiger partial charge in [0.25, 0.3) is 0 Å². The van der Waals surface area contributed by atoms with Crippen LogP contribution in [-0.4, -0.2) is 4.98 Å². The predicted molar refractivity (Wildman–Crippen MR) is 56.9 cm³/mol. The molecule has 1 aromatic rings. The Morgan fingerprint density at radius 1 is 1.23 bits per heavy atom. The monoisotopic (exact) mass is 177 g/mol. The van der Waals surface area contributed by atoms with Crippen molar-refractivity contribution in [2.24, 2.45) is 5.92 Å². The quantitative estimate of drug-likeness (QED) is 0.689. The van der Waals surface area contributed by atoms with Crippen molar-refractivity contribution >= 4 is 0 Å². The Morgan fingerprint density at radius 2 is 1.92 bits per heavy atom. The lowest BCUT2D eigenvalue weighted by atomic mass is 9.96. The topological polar surface area (TPSA) is 12.9 Å². The van der Waals surface area contributed by atoms with Gasteiger partial charge in [-0.15, -0.1) is 0 Å². The van der Waals surface area contributed by atoms with Crippen molar-refractivity contribution in [1.29, 1.82) is 0 Å². The number of nitrogens with zero attached hydrogens (tertiary/aromatic N) is 1. The van der Waals surface area contributed by atoms with Crippen molar-refractivity contribution in [1.82, 2.24) is 4.98 Å². The van der Waals surface area contributed by atoms with Crippen LogP contribution in [0, 0.1) is 5.92 Å². The van der Waals surface area contributed by atoms with Gasteiger partial charge in [-0.2, -0.15) is 0 Å². The van der Waals surface area contributed by atoms with E-state index < -0.39 is 0 Å². The zero-order valence-corrected chi connectivity index (χ0v) is 9.04. The van der Waals surface area contributed by atoms with E-state index >= 15 is 0 Å². The molecule has 0 aromatic carbocycles. The SMILES string of the molecule is CC(C)Cc1ncccc1C(C)C. The molecule has 1 heterocycles.